The van der Waals surface area contributed by atoms with Gasteiger partial charge < -0.3 is 4.74 Å². The maximum Gasteiger partial charge on any atom is 0.343 e. The van der Waals surface area contributed by atoms with Crippen LogP contribution < -0.4 is 15.0 Å². The molecule has 1 fully saturated rings. The maximum atomic E-state index is 13.3. The first-order valence-corrected chi connectivity index (χ1v) is 12.1. The highest BCUT2D eigenvalue weighted by Crippen LogP contribution is 2.36. The van der Waals surface area contributed by atoms with Crippen molar-refractivity contribution in [2.75, 3.05) is 4.90 Å². The van der Waals surface area contributed by atoms with Gasteiger partial charge in [0.1, 0.15) is 5.57 Å². The van der Waals surface area contributed by atoms with Crippen molar-refractivity contribution < 1.29 is 23.9 Å². The van der Waals surface area contributed by atoms with Crippen LogP contribution in [0.3, 0.4) is 0 Å². The lowest BCUT2D eigenvalue weighted by Crippen LogP contribution is -2.54. The summed E-state index contributed by atoms with van der Waals surface area (Å²) in [4.78, 5) is 52.1. The highest BCUT2D eigenvalue weighted by atomic mass is 79.9. The Kier molecular flexibility index (Phi) is 7.20. The van der Waals surface area contributed by atoms with Crippen molar-refractivity contribution in [1.82, 2.24) is 5.32 Å². The first-order chi connectivity index (χ1) is 16.7. The molecule has 176 valence electrons. The van der Waals surface area contributed by atoms with Crippen LogP contribution in [0.25, 0.3) is 6.08 Å². The van der Waals surface area contributed by atoms with E-state index in [4.69, 9.17) is 16.3 Å². The molecule has 3 aromatic rings. The molecule has 3 aromatic carbocycles. The van der Waals surface area contributed by atoms with Gasteiger partial charge in [0.2, 0.25) is 0 Å². The number of nitrogens with one attached hydrogen (secondary N) is 1. The zero-order chi connectivity index (χ0) is 25.3. The molecule has 0 bridgehead atoms. The van der Waals surface area contributed by atoms with Gasteiger partial charge in [-0.3, -0.25) is 14.9 Å². The highest BCUT2D eigenvalue weighted by Gasteiger charge is 2.37. The molecule has 0 radical (unpaired) electrons. The number of para-hydroxylation sites is 1. The number of urea groups is 1. The number of esters is 1. The van der Waals surface area contributed by atoms with Gasteiger partial charge in [0.15, 0.2) is 5.75 Å². The van der Waals surface area contributed by atoms with E-state index in [9.17, 15) is 19.2 Å². The second kappa shape index (κ2) is 10.2. The molecule has 0 unspecified atom stereocenters. The van der Waals surface area contributed by atoms with Crippen molar-refractivity contribution in [3.05, 3.63) is 96.9 Å². The summed E-state index contributed by atoms with van der Waals surface area (Å²) in [7, 11) is 0. The zero-order valence-corrected chi connectivity index (χ0v) is 21.9. The number of imide groups is 2. The van der Waals surface area contributed by atoms with Crippen molar-refractivity contribution in [3.63, 3.8) is 0 Å². The Labute approximate surface area is 222 Å². The second-order valence-corrected chi connectivity index (χ2v) is 9.65. The Bertz CT molecular complexity index is 1420. The van der Waals surface area contributed by atoms with Gasteiger partial charge in [-0.25, -0.2) is 14.5 Å². The van der Waals surface area contributed by atoms with Crippen LogP contribution in [0.15, 0.2) is 75.2 Å². The molecule has 4 amide bonds. The Morgan fingerprint density at radius 2 is 1.71 bits per heavy atom. The summed E-state index contributed by atoms with van der Waals surface area (Å²) in [5.74, 6) is -2.25. The van der Waals surface area contributed by atoms with Gasteiger partial charge in [-0.05, 0) is 77.0 Å². The lowest BCUT2D eigenvalue weighted by atomic mass is 10.0. The summed E-state index contributed by atoms with van der Waals surface area (Å²) in [6.45, 7) is 1.75. The molecule has 0 aromatic heterocycles. The summed E-state index contributed by atoms with van der Waals surface area (Å²) >= 11 is 12.6. The monoisotopic (exact) mass is 616 g/mol. The van der Waals surface area contributed by atoms with Crippen LogP contribution in [-0.4, -0.2) is 23.8 Å². The summed E-state index contributed by atoms with van der Waals surface area (Å²) in [5.41, 5.74) is 1.23. The Morgan fingerprint density at radius 3 is 2.40 bits per heavy atom. The number of halogens is 3. The molecule has 1 aliphatic rings. The molecule has 1 N–H and O–H groups in total. The van der Waals surface area contributed by atoms with E-state index in [-0.39, 0.29) is 22.4 Å². The number of barbiturate groups is 1. The molecular weight excluding hydrogens is 604 g/mol. The highest BCUT2D eigenvalue weighted by molar-refractivity contribution is 9.11. The summed E-state index contributed by atoms with van der Waals surface area (Å²) in [6, 6.07) is 15.3. The number of aryl methyl sites for hydroxylation is 1. The van der Waals surface area contributed by atoms with E-state index in [1.165, 1.54) is 18.2 Å². The average Bonchev–Trinajstić information content (AvgIpc) is 2.80. The summed E-state index contributed by atoms with van der Waals surface area (Å²) < 4.78 is 6.60. The number of nitrogens with zero attached hydrogens (tertiary/aromatic N) is 1. The first-order valence-electron chi connectivity index (χ1n) is 10.1. The maximum absolute atomic E-state index is 13.3. The molecule has 35 heavy (non-hydrogen) atoms. The molecule has 0 atom stereocenters. The number of anilines is 1. The molecule has 0 aliphatic carbocycles. The topological polar surface area (TPSA) is 92.8 Å². The summed E-state index contributed by atoms with van der Waals surface area (Å²) in [5, 5.41) is 2.66. The van der Waals surface area contributed by atoms with Crippen molar-refractivity contribution in [1.29, 1.82) is 0 Å². The van der Waals surface area contributed by atoms with Crippen LogP contribution >= 0.6 is 43.5 Å². The van der Waals surface area contributed by atoms with Crippen molar-refractivity contribution in [2.24, 2.45) is 0 Å². The van der Waals surface area contributed by atoms with Crippen LogP contribution in [0.5, 0.6) is 5.75 Å². The number of rotatable bonds is 4. The van der Waals surface area contributed by atoms with Gasteiger partial charge in [0.05, 0.1) is 15.7 Å². The predicted octanol–water partition coefficient (Wildman–Crippen LogP) is 6.06. The van der Waals surface area contributed by atoms with Crippen LogP contribution in [0.4, 0.5) is 10.5 Å². The number of amides is 4. The Balaban J connectivity index is 1.76. The number of hydrogen-bond donors (Lipinski definition) is 1. The standard InChI is InChI=1S/C25H15Br2ClN2O5/c1-13-4-2-3-5-20(13)30-23(32)18(22(31)29-25(30)34)11-15-10-16(26)12-19(27)21(15)35-24(33)14-6-8-17(28)9-7-14/h2-12H,1H3,(H,29,31,34)/b18-11-. The number of hydrogen-bond acceptors (Lipinski definition) is 5. The molecule has 10 heteroatoms. The number of benzene rings is 3. The quantitative estimate of drug-likeness (QED) is 0.166. The lowest BCUT2D eigenvalue weighted by molar-refractivity contribution is -0.122. The van der Waals surface area contributed by atoms with Crippen LogP contribution in [0.2, 0.25) is 5.02 Å². The lowest BCUT2D eigenvalue weighted by Gasteiger charge is -2.27. The smallest absolute Gasteiger partial charge is 0.343 e. The van der Waals surface area contributed by atoms with E-state index in [0.29, 0.717) is 25.2 Å². The first kappa shape index (κ1) is 24.8. The van der Waals surface area contributed by atoms with Crippen molar-refractivity contribution in [3.8, 4) is 5.75 Å². The van der Waals surface area contributed by atoms with Gasteiger partial charge in [-0.15, -0.1) is 0 Å². The fraction of sp³-hybridized carbons (Fsp3) is 0.0400. The normalized spacial score (nSPS) is 14.8. The number of carbonyl (C=O) groups is 4. The molecule has 0 saturated carbocycles. The fourth-order valence-electron chi connectivity index (χ4n) is 3.38. The predicted molar refractivity (Wildman–Crippen MR) is 138 cm³/mol. The van der Waals surface area contributed by atoms with Gasteiger partial charge in [0, 0.05) is 15.1 Å². The molecule has 1 saturated heterocycles. The van der Waals surface area contributed by atoms with E-state index in [1.807, 2.05) is 0 Å². The summed E-state index contributed by atoms with van der Waals surface area (Å²) in [6.07, 6.45) is 1.27. The van der Waals surface area contributed by atoms with E-state index >= 15 is 0 Å². The van der Waals surface area contributed by atoms with Gasteiger partial charge in [-0.1, -0.05) is 45.7 Å². The molecular formula is C25H15Br2ClN2O5. The largest absolute Gasteiger partial charge is 0.421 e. The van der Waals surface area contributed by atoms with E-state index in [0.717, 1.165) is 4.90 Å². The third-order valence-electron chi connectivity index (χ3n) is 5.07. The third-order valence-corrected chi connectivity index (χ3v) is 6.37. The SMILES string of the molecule is Cc1ccccc1N1C(=O)NC(=O)/C(=C/c2cc(Br)cc(Br)c2OC(=O)c2ccc(Cl)cc2)C1=O. The molecule has 7 nitrogen and oxygen atoms in total. The number of carbonyl (C=O) groups excluding carboxylic acids is 4. The minimum atomic E-state index is -0.865. The van der Waals surface area contributed by atoms with Crippen LogP contribution in [-0.2, 0) is 9.59 Å². The van der Waals surface area contributed by atoms with Crippen molar-refractivity contribution in [2.45, 2.75) is 6.92 Å². The molecule has 4 rings (SSSR count). The number of ether oxygens (including phenoxy) is 1. The minimum Gasteiger partial charge on any atom is -0.421 e. The van der Waals surface area contributed by atoms with E-state index < -0.39 is 23.8 Å². The van der Waals surface area contributed by atoms with Crippen molar-refractivity contribution >= 4 is 79.0 Å². The van der Waals surface area contributed by atoms with Gasteiger partial charge >= 0.3 is 12.0 Å². The van der Waals surface area contributed by atoms with Crippen LogP contribution in [0.1, 0.15) is 21.5 Å². The van der Waals surface area contributed by atoms with E-state index in [1.54, 1.807) is 55.5 Å². The zero-order valence-electron chi connectivity index (χ0n) is 18.0. The van der Waals surface area contributed by atoms with Gasteiger partial charge in [-0.2, -0.15) is 0 Å². The molecule has 0 spiro atoms. The molecule has 1 heterocycles. The Morgan fingerprint density at radius 1 is 1.03 bits per heavy atom. The third kappa shape index (κ3) is 5.22. The average molecular weight is 619 g/mol. The molecule has 1 aliphatic heterocycles. The van der Waals surface area contributed by atoms with Gasteiger partial charge in [0.25, 0.3) is 11.8 Å². The minimum absolute atomic E-state index is 0.0839. The second-order valence-electron chi connectivity index (χ2n) is 7.45. The fourth-order valence-corrected chi connectivity index (χ4v) is 4.84. The Hall–Kier alpha value is -3.27. The van der Waals surface area contributed by atoms with E-state index in [2.05, 4.69) is 37.2 Å². The van der Waals surface area contributed by atoms with Crippen LogP contribution in [0, 0.1) is 6.92 Å².